The number of nitrogens with zero attached hydrogens (tertiary/aromatic N) is 1. The fourth-order valence-corrected chi connectivity index (χ4v) is 8.57. The van der Waals surface area contributed by atoms with Crippen molar-refractivity contribution < 1.29 is 42.1 Å². The predicted molar refractivity (Wildman–Crippen MR) is 343 cm³/mol. The Hall–Kier alpha value is -4.37. The number of quaternary nitrogens is 1. The van der Waals surface area contributed by atoms with Crippen LogP contribution in [0.25, 0.3) is 0 Å². The van der Waals surface area contributed by atoms with E-state index in [4.69, 9.17) is 18.5 Å². The monoisotopic (exact) mass is 1130 g/mol. The molecule has 80 heavy (non-hydrogen) atoms. The van der Waals surface area contributed by atoms with E-state index in [1.54, 1.807) is 0 Å². The molecule has 0 aromatic rings. The van der Waals surface area contributed by atoms with Gasteiger partial charge in [-0.15, -0.1) is 0 Å². The van der Waals surface area contributed by atoms with Crippen LogP contribution < -0.4 is 0 Å². The van der Waals surface area contributed by atoms with Crippen molar-refractivity contribution in [1.82, 2.24) is 0 Å². The molecule has 10 heteroatoms. The fraction of sp³-hybridized carbons (Fsp3) is 0.600. The van der Waals surface area contributed by atoms with E-state index in [0.717, 1.165) is 109 Å². The van der Waals surface area contributed by atoms with E-state index < -0.39 is 32.5 Å². The third-order valence-electron chi connectivity index (χ3n) is 12.6. The zero-order chi connectivity index (χ0) is 58.4. The Labute approximate surface area is 490 Å². The van der Waals surface area contributed by atoms with Gasteiger partial charge in [0.1, 0.15) is 19.8 Å². The maximum atomic E-state index is 12.8. The second-order valence-electron chi connectivity index (χ2n) is 21.3. The highest BCUT2D eigenvalue weighted by molar-refractivity contribution is 7.47. The van der Waals surface area contributed by atoms with Crippen LogP contribution in [0.2, 0.25) is 0 Å². The molecule has 0 saturated carbocycles. The molecule has 452 valence electrons. The number of hydrogen-bond acceptors (Lipinski definition) is 7. The van der Waals surface area contributed by atoms with Gasteiger partial charge in [-0.2, -0.15) is 0 Å². The van der Waals surface area contributed by atoms with Crippen molar-refractivity contribution in [3.8, 4) is 0 Å². The summed E-state index contributed by atoms with van der Waals surface area (Å²) in [6.07, 6.45) is 89.1. The van der Waals surface area contributed by atoms with Gasteiger partial charge in [0.2, 0.25) is 0 Å². The lowest BCUT2D eigenvalue weighted by Gasteiger charge is -2.24. The van der Waals surface area contributed by atoms with Crippen LogP contribution in [-0.2, 0) is 32.7 Å². The average molecular weight is 1130 g/mol. The number of phosphoric ester groups is 1. The van der Waals surface area contributed by atoms with Gasteiger partial charge >= 0.3 is 19.8 Å². The molecule has 0 aliphatic heterocycles. The van der Waals surface area contributed by atoms with E-state index in [0.29, 0.717) is 23.9 Å². The lowest BCUT2D eigenvalue weighted by molar-refractivity contribution is -0.870. The van der Waals surface area contributed by atoms with Crippen LogP contribution >= 0.6 is 7.82 Å². The van der Waals surface area contributed by atoms with Gasteiger partial charge in [0.25, 0.3) is 0 Å². The number of likely N-dealkylation sites (N-methyl/N-ethyl adjacent to an activating group) is 1. The summed E-state index contributed by atoms with van der Waals surface area (Å²) in [4.78, 5) is 35.7. The molecule has 0 amide bonds. The Bertz CT molecular complexity index is 1900. The number of unbranched alkanes of at least 4 members (excludes halogenated alkanes) is 15. The fourth-order valence-electron chi connectivity index (χ4n) is 7.83. The number of carbonyl (C=O) groups excluding carboxylic acids is 2. The lowest BCUT2D eigenvalue weighted by Crippen LogP contribution is -2.37. The molecule has 1 N–H and O–H groups in total. The van der Waals surface area contributed by atoms with Crippen molar-refractivity contribution in [3.05, 3.63) is 158 Å². The maximum Gasteiger partial charge on any atom is 0.472 e. The van der Waals surface area contributed by atoms with Gasteiger partial charge in [-0.25, -0.2) is 4.57 Å². The number of ether oxygens (including phenoxy) is 2. The van der Waals surface area contributed by atoms with Gasteiger partial charge in [-0.3, -0.25) is 18.6 Å². The molecular weight excluding hydrogens is 1010 g/mol. The van der Waals surface area contributed by atoms with Crippen LogP contribution in [0.15, 0.2) is 158 Å². The van der Waals surface area contributed by atoms with Crippen LogP contribution in [-0.4, -0.2) is 74.9 Å². The maximum absolute atomic E-state index is 12.8. The Kier molecular flexibility index (Phi) is 56.0. The second-order valence-corrected chi connectivity index (χ2v) is 22.8. The van der Waals surface area contributed by atoms with E-state index in [1.165, 1.54) is 70.6 Å². The molecule has 2 atom stereocenters. The standard InChI is InChI=1S/C70H114NO8P/c1-6-8-10-12-14-16-18-20-22-24-25-26-27-28-29-30-31-32-33-34-35-36-37-38-39-40-41-42-43-44-45-47-49-51-53-55-57-59-61-63-70(73)79-68(67-78-80(74,75)77-65-64-71(3,4)5)66-76-69(72)62-60-58-56-54-52-50-48-46-23-21-19-17-15-13-11-9-7-2/h8-11,14-17,20-23,25-26,28-29,31-32,34-35,37-38,48,50,54,56,68H,6-7,12-13,18-19,24,27,30,33,36,39-47,49,51-53,55,57-67H2,1-5H3/p+1/b10-8-,11-9-,16-14-,17-15-,22-20-,23-21-,26-25-,29-28-,32-31-,35-34-,38-37-,50-48-,56-54-. The Morgan fingerprint density at radius 3 is 1.04 bits per heavy atom. The first-order chi connectivity index (χ1) is 39.0. The minimum Gasteiger partial charge on any atom is -0.462 e. The summed E-state index contributed by atoms with van der Waals surface area (Å²) < 4.78 is 34.5. The molecule has 0 aliphatic rings. The van der Waals surface area contributed by atoms with Crippen molar-refractivity contribution in [2.24, 2.45) is 0 Å². The lowest BCUT2D eigenvalue weighted by atomic mass is 10.0. The first-order valence-corrected chi connectivity index (χ1v) is 32.7. The summed E-state index contributed by atoms with van der Waals surface area (Å²) in [6, 6.07) is 0. The largest absolute Gasteiger partial charge is 0.472 e. The number of carbonyl (C=O) groups is 2. The third-order valence-corrected chi connectivity index (χ3v) is 13.5. The summed E-state index contributed by atoms with van der Waals surface area (Å²) in [5.74, 6) is -0.876. The summed E-state index contributed by atoms with van der Waals surface area (Å²) in [5, 5.41) is 0. The van der Waals surface area contributed by atoms with Gasteiger partial charge in [0.15, 0.2) is 6.10 Å². The first-order valence-electron chi connectivity index (χ1n) is 31.2. The van der Waals surface area contributed by atoms with E-state index >= 15 is 0 Å². The minimum atomic E-state index is -4.41. The topological polar surface area (TPSA) is 108 Å². The predicted octanol–water partition coefficient (Wildman–Crippen LogP) is 20.0. The SMILES string of the molecule is CC/C=C\C/C=C\C/C=C\C/C=C\C/C=C\C/C=C\C/C=C\C/C=C\CCCCCCCCCCCCCCCCC(=O)OC(COC(=O)CCC/C=C\C/C=C\C/C=C\C/C=C\C/C=C\CC)COP(=O)(O)OCC[N+](C)(C)C. The first kappa shape index (κ1) is 75.6. The smallest absolute Gasteiger partial charge is 0.462 e. The van der Waals surface area contributed by atoms with Crippen LogP contribution in [0, 0.1) is 0 Å². The molecule has 0 saturated heterocycles. The van der Waals surface area contributed by atoms with Crippen LogP contribution in [0.4, 0.5) is 0 Å². The second kappa shape index (κ2) is 59.3. The summed E-state index contributed by atoms with van der Waals surface area (Å²) in [6.45, 7) is 4.12. The summed E-state index contributed by atoms with van der Waals surface area (Å²) in [7, 11) is 1.43. The number of rotatable bonds is 55. The minimum absolute atomic E-state index is 0.0153. The van der Waals surface area contributed by atoms with Gasteiger partial charge in [0, 0.05) is 12.8 Å². The third kappa shape index (κ3) is 62.8. The zero-order valence-electron chi connectivity index (χ0n) is 51.2. The van der Waals surface area contributed by atoms with Gasteiger partial charge in [-0.1, -0.05) is 249 Å². The van der Waals surface area contributed by atoms with Gasteiger partial charge in [-0.05, 0) is 116 Å². The van der Waals surface area contributed by atoms with E-state index in [1.807, 2.05) is 21.1 Å². The van der Waals surface area contributed by atoms with Crippen LogP contribution in [0.1, 0.15) is 219 Å². The molecule has 0 spiro atoms. The van der Waals surface area contributed by atoms with Crippen LogP contribution in [0.5, 0.6) is 0 Å². The number of phosphoric acid groups is 1. The molecule has 0 radical (unpaired) electrons. The van der Waals surface area contributed by atoms with Crippen molar-refractivity contribution in [2.45, 2.75) is 225 Å². The average Bonchev–Trinajstić information content (AvgIpc) is 3.42. The molecule has 0 aliphatic carbocycles. The van der Waals surface area contributed by atoms with Crippen molar-refractivity contribution in [2.75, 3.05) is 47.5 Å². The molecule has 0 heterocycles. The van der Waals surface area contributed by atoms with Crippen LogP contribution in [0.3, 0.4) is 0 Å². The molecule has 2 unspecified atom stereocenters. The van der Waals surface area contributed by atoms with Crippen molar-refractivity contribution in [3.63, 3.8) is 0 Å². The molecule has 0 bridgehead atoms. The molecule has 0 rings (SSSR count). The molecule has 9 nitrogen and oxygen atoms in total. The molecule has 0 fully saturated rings. The van der Waals surface area contributed by atoms with E-state index in [9.17, 15) is 19.0 Å². The summed E-state index contributed by atoms with van der Waals surface area (Å²) >= 11 is 0. The Morgan fingerprint density at radius 2 is 0.688 bits per heavy atom. The Balaban J connectivity index is 4.11. The van der Waals surface area contributed by atoms with Crippen molar-refractivity contribution in [1.29, 1.82) is 0 Å². The zero-order valence-corrected chi connectivity index (χ0v) is 52.1. The summed E-state index contributed by atoms with van der Waals surface area (Å²) in [5.41, 5.74) is 0. The molecular formula is C70H115NO8P+. The normalized spacial score (nSPS) is 14.3. The van der Waals surface area contributed by atoms with E-state index in [2.05, 4.69) is 172 Å². The number of hydrogen-bond donors (Lipinski definition) is 1. The van der Waals surface area contributed by atoms with Gasteiger partial charge in [0.05, 0.1) is 27.7 Å². The highest BCUT2D eigenvalue weighted by atomic mass is 31.2. The number of allylic oxidation sites excluding steroid dienone is 26. The quantitative estimate of drug-likeness (QED) is 0.0211. The molecule has 0 aromatic carbocycles. The van der Waals surface area contributed by atoms with Crippen molar-refractivity contribution >= 4 is 19.8 Å². The van der Waals surface area contributed by atoms with Gasteiger partial charge < -0.3 is 18.9 Å². The Morgan fingerprint density at radius 1 is 0.388 bits per heavy atom. The highest BCUT2D eigenvalue weighted by Crippen LogP contribution is 2.43. The highest BCUT2D eigenvalue weighted by Gasteiger charge is 2.27. The van der Waals surface area contributed by atoms with E-state index in [-0.39, 0.29) is 26.1 Å². The number of esters is 2. The molecule has 0 aromatic heterocycles.